The highest BCUT2D eigenvalue weighted by Crippen LogP contribution is 2.32. The number of hydrogen-bond donors (Lipinski definition) is 1. The maximum absolute atomic E-state index is 6.44. The first-order chi connectivity index (χ1) is 16.0. The first-order valence-corrected chi connectivity index (χ1v) is 11.9. The van der Waals surface area contributed by atoms with Crippen molar-refractivity contribution in [1.29, 1.82) is 0 Å². The summed E-state index contributed by atoms with van der Waals surface area (Å²) in [5, 5.41) is 4.26. The van der Waals surface area contributed by atoms with Gasteiger partial charge in [0.25, 0.3) is 0 Å². The third-order valence-electron chi connectivity index (χ3n) is 6.21. The highest BCUT2D eigenvalue weighted by molar-refractivity contribution is 6.30. The zero-order chi connectivity index (χ0) is 23.2. The summed E-state index contributed by atoms with van der Waals surface area (Å²) in [6.45, 7) is 4.74. The predicted molar refractivity (Wildman–Crippen MR) is 134 cm³/mol. The van der Waals surface area contributed by atoms with Gasteiger partial charge in [-0.2, -0.15) is 0 Å². The van der Waals surface area contributed by atoms with E-state index in [1.54, 1.807) is 7.11 Å². The molecule has 0 aromatic heterocycles. The molecule has 0 aliphatic carbocycles. The molecule has 1 saturated heterocycles. The van der Waals surface area contributed by atoms with Crippen LogP contribution in [-0.2, 0) is 22.5 Å². The molecule has 3 unspecified atom stereocenters. The summed E-state index contributed by atoms with van der Waals surface area (Å²) in [6, 6.07) is 22.3. The average Bonchev–Trinajstić information content (AvgIpc) is 3.27. The van der Waals surface area contributed by atoms with Gasteiger partial charge in [0.15, 0.2) is 6.23 Å². The SMILES string of the molecule is COC(Nc1c(C)cccc1C)C1CCC(Cc2cc(Cl)ccc2OCc2ccccc2)O1. The Labute approximate surface area is 201 Å². The first-order valence-electron chi connectivity index (χ1n) is 11.5. The normalized spacial score (nSPS) is 18.8. The Kier molecular flexibility index (Phi) is 7.92. The summed E-state index contributed by atoms with van der Waals surface area (Å²) in [5.74, 6) is 0.854. The number of rotatable bonds is 9. The largest absolute Gasteiger partial charge is 0.489 e. The van der Waals surface area contributed by atoms with Crippen molar-refractivity contribution in [2.45, 2.75) is 58.2 Å². The van der Waals surface area contributed by atoms with Crippen molar-refractivity contribution in [2.24, 2.45) is 0 Å². The van der Waals surface area contributed by atoms with E-state index in [1.807, 2.05) is 36.4 Å². The maximum atomic E-state index is 6.44. The molecule has 1 aliphatic heterocycles. The standard InChI is InChI=1S/C28H32ClNO3/c1-19-8-7-9-20(2)27(19)30-28(31-3)26-15-13-24(33-26)17-22-16-23(29)12-14-25(22)32-18-21-10-5-4-6-11-21/h4-12,14,16,24,26,28,30H,13,15,17-18H2,1-3H3. The van der Waals surface area contributed by atoms with Crippen LogP contribution in [0.25, 0.3) is 0 Å². The van der Waals surface area contributed by atoms with Crippen LogP contribution >= 0.6 is 11.6 Å². The maximum Gasteiger partial charge on any atom is 0.153 e. The van der Waals surface area contributed by atoms with E-state index in [4.69, 9.17) is 25.8 Å². The van der Waals surface area contributed by atoms with E-state index in [0.717, 1.165) is 41.8 Å². The second kappa shape index (κ2) is 11.1. The molecule has 5 heteroatoms. The molecule has 0 radical (unpaired) electrons. The minimum Gasteiger partial charge on any atom is -0.489 e. The smallest absolute Gasteiger partial charge is 0.153 e. The topological polar surface area (TPSA) is 39.7 Å². The minimum absolute atomic E-state index is 0.0214. The molecule has 0 amide bonds. The van der Waals surface area contributed by atoms with E-state index >= 15 is 0 Å². The lowest BCUT2D eigenvalue weighted by molar-refractivity contribution is -0.0399. The Morgan fingerprint density at radius 2 is 1.76 bits per heavy atom. The number of anilines is 1. The van der Waals surface area contributed by atoms with E-state index in [9.17, 15) is 0 Å². The summed E-state index contributed by atoms with van der Waals surface area (Å²) in [7, 11) is 1.73. The van der Waals surface area contributed by atoms with Crippen LogP contribution in [0.5, 0.6) is 5.75 Å². The highest BCUT2D eigenvalue weighted by atomic mass is 35.5. The molecule has 3 atom stereocenters. The van der Waals surface area contributed by atoms with E-state index in [-0.39, 0.29) is 18.4 Å². The Morgan fingerprint density at radius 1 is 1.00 bits per heavy atom. The van der Waals surface area contributed by atoms with E-state index < -0.39 is 0 Å². The van der Waals surface area contributed by atoms with Crippen molar-refractivity contribution in [2.75, 3.05) is 12.4 Å². The van der Waals surface area contributed by atoms with Crippen LogP contribution in [0.1, 0.15) is 35.1 Å². The number of aryl methyl sites for hydroxylation is 2. The molecule has 1 aliphatic rings. The van der Waals surface area contributed by atoms with E-state index in [0.29, 0.717) is 11.6 Å². The van der Waals surface area contributed by atoms with Crippen LogP contribution in [-0.4, -0.2) is 25.5 Å². The molecule has 33 heavy (non-hydrogen) atoms. The van der Waals surface area contributed by atoms with Crippen molar-refractivity contribution in [3.05, 3.63) is 94.0 Å². The van der Waals surface area contributed by atoms with Crippen LogP contribution in [0, 0.1) is 13.8 Å². The van der Waals surface area contributed by atoms with Crippen LogP contribution in [0.3, 0.4) is 0 Å². The fourth-order valence-corrected chi connectivity index (χ4v) is 4.62. The lowest BCUT2D eigenvalue weighted by Crippen LogP contribution is -2.36. The molecule has 1 heterocycles. The number of para-hydroxylation sites is 1. The third-order valence-corrected chi connectivity index (χ3v) is 6.44. The molecule has 3 aromatic rings. The Morgan fingerprint density at radius 3 is 2.48 bits per heavy atom. The number of halogens is 1. The zero-order valence-corrected chi connectivity index (χ0v) is 20.3. The van der Waals surface area contributed by atoms with Crippen LogP contribution < -0.4 is 10.1 Å². The van der Waals surface area contributed by atoms with Gasteiger partial charge in [0.2, 0.25) is 0 Å². The minimum atomic E-state index is -0.206. The number of methoxy groups -OCH3 is 1. The summed E-state index contributed by atoms with van der Waals surface area (Å²) < 4.78 is 18.4. The monoisotopic (exact) mass is 465 g/mol. The van der Waals surface area contributed by atoms with E-state index in [1.165, 1.54) is 11.1 Å². The van der Waals surface area contributed by atoms with Gasteiger partial charge in [-0.05, 0) is 67.1 Å². The summed E-state index contributed by atoms with van der Waals surface area (Å²) in [5.41, 5.74) is 5.72. The van der Waals surface area contributed by atoms with Gasteiger partial charge in [-0.15, -0.1) is 0 Å². The molecule has 1 N–H and O–H groups in total. The molecular formula is C28H32ClNO3. The molecule has 0 bridgehead atoms. The molecule has 3 aromatic carbocycles. The van der Waals surface area contributed by atoms with Gasteiger partial charge in [0, 0.05) is 24.2 Å². The molecule has 1 fully saturated rings. The summed E-state index contributed by atoms with van der Waals surface area (Å²) in [4.78, 5) is 0. The molecule has 0 spiro atoms. The van der Waals surface area contributed by atoms with Crippen LogP contribution in [0.4, 0.5) is 5.69 Å². The van der Waals surface area contributed by atoms with Crippen molar-refractivity contribution in [3.8, 4) is 5.75 Å². The van der Waals surface area contributed by atoms with Crippen LogP contribution in [0.15, 0.2) is 66.7 Å². The van der Waals surface area contributed by atoms with Gasteiger partial charge in [0.05, 0.1) is 6.10 Å². The number of ether oxygens (including phenoxy) is 3. The van der Waals surface area contributed by atoms with Crippen LogP contribution in [0.2, 0.25) is 5.02 Å². The van der Waals surface area contributed by atoms with Crippen molar-refractivity contribution < 1.29 is 14.2 Å². The molecule has 4 nitrogen and oxygen atoms in total. The van der Waals surface area contributed by atoms with Gasteiger partial charge in [0.1, 0.15) is 18.5 Å². The quantitative estimate of drug-likeness (QED) is 0.356. The zero-order valence-electron chi connectivity index (χ0n) is 19.5. The second-order valence-corrected chi connectivity index (χ2v) is 9.11. The fourth-order valence-electron chi connectivity index (χ4n) is 4.42. The lowest BCUT2D eigenvalue weighted by atomic mass is 10.0. The Balaban J connectivity index is 1.40. The average molecular weight is 466 g/mol. The van der Waals surface area contributed by atoms with Crippen molar-refractivity contribution >= 4 is 17.3 Å². The van der Waals surface area contributed by atoms with Gasteiger partial charge in [-0.3, -0.25) is 0 Å². The van der Waals surface area contributed by atoms with Gasteiger partial charge in [-0.25, -0.2) is 0 Å². The number of nitrogens with one attached hydrogen (secondary N) is 1. The van der Waals surface area contributed by atoms with Gasteiger partial charge < -0.3 is 19.5 Å². The molecule has 0 saturated carbocycles. The Hall–Kier alpha value is -2.53. The fraction of sp³-hybridized carbons (Fsp3) is 0.357. The van der Waals surface area contributed by atoms with Gasteiger partial charge in [-0.1, -0.05) is 60.1 Å². The van der Waals surface area contributed by atoms with E-state index in [2.05, 4.69) is 49.5 Å². The van der Waals surface area contributed by atoms with Crippen molar-refractivity contribution in [1.82, 2.24) is 0 Å². The Bertz CT molecular complexity index is 1040. The molecule has 4 rings (SSSR count). The summed E-state index contributed by atoms with van der Waals surface area (Å²) >= 11 is 6.31. The second-order valence-electron chi connectivity index (χ2n) is 8.67. The highest BCUT2D eigenvalue weighted by Gasteiger charge is 2.33. The number of hydrogen-bond acceptors (Lipinski definition) is 4. The third kappa shape index (κ3) is 6.08. The number of benzene rings is 3. The lowest BCUT2D eigenvalue weighted by Gasteiger charge is -2.26. The first kappa shape index (κ1) is 23.6. The van der Waals surface area contributed by atoms with Gasteiger partial charge >= 0.3 is 0 Å². The summed E-state index contributed by atoms with van der Waals surface area (Å²) in [6.07, 6.45) is 2.51. The molecular weight excluding hydrogens is 434 g/mol. The van der Waals surface area contributed by atoms with Crippen molar-refractivity contribution in [3.63, 3.8) is 0 Å². The predicted octanol–water partition coefficient (Wildman–Crippen LogP) is 6.71. The molecule has 174 valence electrons.